The van der Waals surface area contributed by atoms with Crippen LogP contribution in [0.2, 0.25) is 0 Å². The van der Waals surface area contributed by atoms with Gasteiger partial charge in [0.15, 0.2) is 0 Å². The van der Waals surface area contributed by atoms with Crippen molar-refractivity contribution in [3.8, 4) is 11.3 Å². The van der Waals surface area contributed by atoms with E-state index in [1.54, 1.807) is 0 Å². The van der Waals surface area contributed by atoms with Crippen LogP contribution in [-0.2, 0) is 6.42 Å². The molecule has 86 valence electrons. The molecular formula is C13H17ClN2. The van der Waals surface area contributed by atoms with Crippen LogP contribution in [0, 0.1) is 6.92 Å². The number of hydrogen-bond donors (Lipinski definition) is 2. The maximum atomic E-state index is 5.56. The maximum Gasteiger partial charge on any atom is 0.0458 e. The van der Waals surface area contributed by atoms with E-state index in [0.29, 0.717) is 6.54 Å². The summed E-state index contributed by atoms with van der Waals surface area (Å²) in [4.78, 5) is 3.39. The first-order chi connectivity index (χ1) is 7.31. The Bertz CT molecular complexity index is 434. The van der Waals surface area contributed by atoms with Crippen LogP contribution >= 0.6 is 12.4 Å². The summed E-state index contributed by atoms with van der Waals surface area (Å²) in [6.45, 7) is 2.80. The van der Waals surface area contributed by atoms with Crippen LogP contribution in [0.15, 0.2) is 36.4 Å². The van der Waals surface area contributed by atoms with Gasteiger partial charge >= 0.3 is 0 Å². The molecule has 0 unspecified atom stereocenters. The molecule has 0 fully saturated rings. The molecule has 0 amide bonds. The quantitative estimate of drug-likeness (QED) is 0.846. The number of aryl methyl sites for hydroxylation is 1. The van der Waals surface area contributed by atoms with Crippen molar-refractivity contribution in [2.45, 2.75) is 13.3 Å². The molecule has 0 aliphatic carbocycles. The minimum Gasteiger partial charge on any atom is -0.358 e. The zero-order valence-electron chi connectivity index (χ0n) is 9.36. The van der Waals surface area contributed by atoms with Crippen LogP contribution in [0.4, 0.5) is 0 Å². The van der Waals surface area contributed by atoms with Crippen LogP contribution in [0.5, 0.6) is 0 Å². The second-order valence-electron chi connectivity index (χ2n) is 3.74. The molecule has 2 nitrogen and oxygen atoms in total. The van der Waals surface area contributed by atoms with Crippen molar-refractivity contribution in [3.63, 3.8) is 0 Å². The molecule has 0 bridgehead atoms. The number of rotatable bonds is 3. The molecule has 0 saturated heterocycles. The molecule has 2 aromatic rings. The predicted octanol–water partition coefficient (Wildman–Crippen LogP) is 2.91. The Morgan fingerprint density at radius 1 is 1.19 bits per heavy atom. The lowest BCUT2D eigenvalue weighted by atomic mass is 10.1. The fraction of sp³-hybridized carbons (Fsp3) is 0.231. The minimum atomic E-state index is 0. The second kappa shape index (κ2) is 5.73. The van der Waals surface area contributed by atoms with Crippen LogP contribution in [0.25, 0.3) is 11.3 Å². The summed E-state index contributed by atoms with van der Waals surface area (Å²) < 4.78 is 0. The van der Waals surface area contributed by atoms with Gasteiger partial charge in [0.25, 0.3) is 0 Å². The van der Waals surface area contributed by atoms with Gasteiger partial charge in [0.05, 0.1) is 0 Å². The Hall–Kier alpha value is -1.25. The van der Waals surface area contributed by atoms with Gasteiger partial charge in [-0.1, -0.05) is 30.3 Å². The summed E-state index contributed by atoms with van der Waals surface area (Å²) in [5, 5.41) is 0. The van der Waals surface area contributed by atoms with Gasteiger partial charge in [0.2, 0.25) is 0 Å². The third-order valence-electron chi connectivity index (χ3n) is 2.62. The molecule has 0 aliphatic rings. The molecule has 3 heteroatoms. The summed E-state index contributed by atoms with van der Waals surface area (Å²) in [7, 11) is 0. The van der Waals surface area contributed by atoms with E-state index in [-0.39, 0.29) is 12.4 Å². The molecule has 1 aromatic carbocycles. The Morgan fingerprint density at radius 3 is 2.50 bits per heavy atom. The smallest absolute Gasteiger partial charge is 0.0458 e. The molecule has 0 aliphatic heterocycles. The van der Waals surface area contributed by atoms with E-state index in [1.165, 1.54) is 22.5 Å². The lowest BCUT2D eigenvalue weighted by Gasteiger charge is -1.95. The normalized spacial score (nSPS) is 9.88. The molecule has 0 spiro atoms. The highest BCUT2D eigenvalue weighted by molar-refractivity contribution is 5.85. The predicted molar refractivity (Wildman–Crippen MR) is 71.0 cm³/mol. The second-order valence-corrected chi connectivity index (χ2v) is 3.74. The first-order valence-corrected chi connectivity index (χ1v) is 5.25. The largest absolute Gasteiger partial charge is 0.358 e. The van der Waals surface area contributed by atoms with Gasteiger partial charge in [-0.25, -0.2) is 0 Å². The van der Waals surface area contributed by atoms with Gasteiger partial charge < -0.3 is 10.7 Å². The Labute approximate surface area is 102 Å². The highest BCUT2D eigenvalue weighted by atomic mass is 35.5. The topological polar surface area (TPSA) is 41.8 Å². The van der Waals surface area contributed by atoms with E-state index < -0.39 is 0 Å². The summed E-state index contributed by atoms with van der Waals surface area (Å²) in [5.74, 6) is 0. The Morgan fingerprint density at radius 2 is 1.88 bits per heavy atom. The van der Waals surface area contributed by atoms with Crippen molar-refractivity contribution in [2.75, 3.05) is 6.54 Å². The molecule has 0 saturated carbocycles. The summed E-state index contributed by atoms with van der Waals surface area (Å²) in [6.07, 6.45) is 0.940. The number of aromatic nitrogens is 1. The van der Waals surface area contributed by atoms with Gasteiger partial charge in [-0.05, 0) is 37.1 Å². The van der Waals surface area contributed by atoms with Gasteiger partial charge in [-0.15, -0.1) is 12.4 Å². The minimum absolute atomic E-state index is 0. The standard InChI is InChI=1S/C13H16N2.ClH/c1-10-12(7-8-14)9-13(15-10)11-5-3-2-4-6-11;/h2-6,9,15H,7-8,14H2,1H3;1H. The molecule has 0 atom stereocenters. The van der Waals surface area contributed by atoms with Crippen molar-refractivity contribution in [2.24, 2.45) is 5.73 Å². The van der Waals surface area contributed by atoms with Crippen LogP contribution in [-0.4, -0.2) is 11.5 Å². The molecule has 16 heavy (non-hydrogen) atoms. The number of H-pyrrole nitrogens is 1. The number of nitrogens with two attached hydrogens (primary N) is 1. The molecular weight excluding hydrogens is 220 g/mol. The van der Waals surface area contributed by atoms with Crippen molar-refractivity contribution in [1.29, 1.82) is 0 Å². The fourth-order valence-corrected chi connectivity index (χ4v) is 1.79. The average molecular weight is 237 g/mol. The first kappa shape index (κ1) is 12.8. The van der Waals surface area contributed by atoms with Crippen LogP contribution in [0.1, 0.15) is 11.3 Å². The van der Waals surface area contributed by atoms with Gasteiger partial charge in [0.1, 0.15) is 0 Å². The lowest BCUT2D eigenvalue weighted by Crippen LogP contribution is -2.02. The Kier molecular flexibility index (Phi) is 4.59. The van der Waals surface area contributed by atoms with E-state index in [4.69, 9.17) is 5.73 Å². The van der Waals surface area contributed by atoms with Crippen LogP contribution < -0.4 is 5.73 Å². The monoisotopic (exact) mass is 236 g/mol. The molecule has 1 aromatic heterocycles. The van der Waals surface area contributed by atoms with Gasteiger partial charge in [-0.2, -0.15) is 0 Å². The zero-order chi connectivity index (χ0) is 10.7. The molecule has 2 rings (SSSR count). The van der Waals surface area contributed by atoms with E-state index in [9.17, 15) is 0 Å². The number of halogens is 1. The molecule has 0 radical (unpaired) electrons. The molecule has 3 N–H and O–H groups in total. The highest BCUT2D eigenvalue weighted by Crippen LogP contribution is 2.21. The van der Waals surface area contributed by atoms with Crippen molar-refractivity contribution in [1.82, 2.24) is 4.98 Å². The summed E-state index contributed by atoms with van der Waals surface area (Å²) in [6, 6.07) is 12.5. The van der Waals surface area contributed by atoms with E-state index in [1.807, 2.05) is 18.2 Å². The maximum absolute atomic E-state index is 5.56. The number of hydrogen-bond acceptors (Lipinski definition) is 1. The summed E-state index contributed by atoms with van der Waals surface area (Å²) in [5.41, 5.74) is 10.5. The van der Waals surface area contributed by atoms with E-state index >= 15 is 0 Å². The lowest BCUT2D eigenvalue weighted by molar-refractivity contribution is 0.957. The third kappa shape index (κ3) is 2.65. The SMILES string of the molecule is Cc1[nH]c(-c2ccccc2)cc1CCN.Cl. The molecule has 1 heterocycles. The number of nitrogens with one attached hydrogen (secondary N) is 1. The van der Waals surface area contributed by atoms with Gasteiger partial charge in [0, 0.05) is 11.4 Å². The number of benzene rings is 1. The van der Waals surface area contributed by atoms with E-state index in [0.717, 1.165) is 6.42 Å². The third-order valence-corrected chi connectivity index (χ3v) is 2.62. The number of aromatic amines is 1. The summed E-state index contributed by atoms with van der Waals surface area (Å²) >= 11 is 0. The van der Waals surface area contributed by atoms with Crippen molar-refractivity contribution < 1.29 is 0 Å². The van der Waals surface area contributed by atoms with E-state index in [2.05, 4.69) is 30.1 Å². The average Bonchev–Trinajstić information content (AvgIpc) is 2.63. The first-order valence-electron chi connectivity index (χ1n) is 5.25. The highest BCUT2D eigenvalue weighted by Gasteiger charge is 2.04. The Balaban J connectivity index is 0.00000128. The zero-order valence-corrected chi connectivity index (χ0v) is 10.2. The van der Waals surface area contributed by atoms with Crippen molar-refractivity contribution in [3.05, 3.63) is 47.7 Å². The fourth-order valence-electron chi connectivity index (χ4n) is 1.79. The van der Waals surface area contributed by atoms with Crippen LogP contribution in [0.3, 0.4) is 0 Å². The van der Waals surface area contributed by atoms with Crippen molar-refractivity contribution >= 4 is 12.4 Å². The van der Waals surface area contributed by atoms with Gasteiger partial charge in [-0.3, -0.25) is 0 Å².